The quantitative estimate of drug-likeness (QED) is 0.753. The van der Waals surface area contributed by atoms with Gasteiger partial charge in [0.15, 0.2) is 0 Å². The maximum Gasteiger partial charge on any atom is 0.0196 e. The van der Waals surface area contributed by atoms with Gasteiger partial charge in [0, 0.05) is 25.7 Å². The van der Waals surface area contributed by atoms with Gasteiger partial charge in [-0.15, -0.1) is 0 Å². The molecule has 2 nitrogen and oxygen atoms in total. The molecule has 0 spiro atoms. The highest BCUT2D eigenvalue weighted by atomic mass is 15.1. The second-order valence-electron chi connectivity index (χ2n) is 7.07. The van der Waals surface area contributed by atoms with E-state index in [0.29, 0.717) is 6.04 Å². The van der Waals surface area contributed by atoms with Crippen LogP contribution in [0.15, 0.2) is 0 Å². The van der Waals surface area contributed by atoms with Gasteiger partial charge in [-0.05, 0) is 30.6 Å². The van der Waals surface area contributed by atoms with Crippen molar-refractivity contribution in [2.75, 3.05) is 19.6 Å². The van der Waals surface area contributed by atoms with Crippen molar-refractivity contribution in [1.29, 1.82) is 0 Å². The summed E-state index contributed by atoms with van der Waals surface area (Å²) in [4.78, 5) is 2.59. The second-order valence-corrected chi connectivity index (χ2v) is 7.07. The number of hydrogen-bond donors (Lipinski definition) is 1. The lowest BCUT2D eigenvalue weighted by molar-refractivity contribution is 0.175. The van der Waals surface area contributed by atoms with E-state index in [-0.39, 0.29) is 0 Å². The third-order valence-electron chi connectivity index (χ3n) is 3.97. The van der Waals surface area contributed by atoms with Crippen molar-refractivity contribution < 1.29 is 0 Å². The topological polar surface area (TPSA) is 29.3 Å². The summed E-state index contributed by atoms with van der Waals surface area (Å²) in [5.41, 5.74) is 6.46. The molecule has 2 N–H and O–H groups in total. The number of nitrogens with zero attached hydrogens (tertiary/aromatic N) is 1. The highest BCUT2D eigenvalue weighted by Gasteiger charge is 2.23. The van der Waals surface area contributed by atoms with Gasteiger partial charge >= 0.3 is 0 Å². The Bertz CT molecular complexity index is 197. The first-order valence-corrected chi connectivity index (χ1v) is 7.97. The van der Waals surface area contributed by atoms with Gasteiger partial charge in [0.2, 0.25) is 0 Å². The van der Waals surface area contributed by atoms with Crippen molar-refractivity contribution in [1.82, 2.24) is 4.90 Å². The fourth-order valence-corrected chi connectivity index (χ4v) is 3.27. The first kappa shape index (κ1) is 16.0. The summed E-state index contributed by atoms with van der Waals surface area (Å²) in [6, 6.07) is 0.391. The molecular weight excluding hydrogens is 220 g/mol. The lowest BCUT2D eigenvalue weighted by atomic mass is 9.84. The SMILES string of the molecule is CC(C)CN(CC(C)C)CC(N)C1CCCCC1. The van der Waals surface area contributed by atoms with E-state index in [4.69, 9.17) is 5.73 Å². The molecule has 0 amide bonds. The Morgan fingerprint density at radius 2 is 1.39 bits per heavy atom. The zero-order chi connectivity index (χ0) is 13.5. The van der Waals surface area contributed by atoms with Gasteiger partial charge in [-0.25, -0.2) is 0 Å². The zero-order valence-corrected chi connectivity index (χ0v) is 13.0. The molecule has 0 heterocycles. The Morgan fingerprint density at radius 1 is 0.889 bits per heavy atom. The van der Waals surface area contributed by atoms with E-state index < -0.39 is 0 Å². The number of rotatable bonds is 7. The van der Waals surface area contributed by atoms with E-state index in [1.165, 1.54) is 45.2 Å². The second kappa shape index (κ2) is 8.16. The first-order valence-electron chi connectivity index (χ1n) is 7.97. The highest BCUT2D eigenvalue weighted by molar-refractivity contribution is 4.80. The summed E-state index contributed by atoms with van der Waals surface area (Å²) in [6.45, 7) is 12.7. The monoisotopic (exact) mass is 254 g/mol. The predicted molar refractivity (Wildman–Crippen MR) is 80.7 cm³/mol. The summed E-state index contributed by atoms with van der Waals surface area (Å²) in [5.74, 6) is 2.25. The first-order chi connectivity index (χ1) is 8.49. The van der Waals surface area contributed by atoms with Crippen molar-refractivity contribution in [3.63, 3.8) is 0 Å². The van der Waals surface area contributed by atoms with Crippen LogP contribution < -0.4 is 5.73 Å². The normalized spacial score (nSPS) is 20.0. The Labute approximate surface area is 114 Å². The Kier molecular flexibility index (Phi) is 7.25. The van der Waals surface area contributed by atoms with Crippen LogP contribution in [0.4, 0.5) is 0 Å². The highest BCUT2D eigenvalue weighted by Crippen LogP contribution is 2.26. The van der Waals surface area contributed by atoms with Crippen LogP contribution in [0.3, 0.4) is 0 Å². The average molecular weight is 254 g/mol. The van der Waals surface area contributed by atoms with Gasteiger partial charge < -0.3 is 10.6 Å². The predicted octanol–water partition coefficient (Wildman–Crippen LogP) is 3.51. The van der Waals surface area contributed by atoms with E-state index >= 15 is 0 Å². The third kappa shape index (κ3) is 6.19. The van der Waals surface area contributed by atoms with E-state index in [0.717, 1.165) is 24.3 Å². The molecule has 1 atom stereocenters. The van der Waals surface area contributed by atoms with Gasteiger partial charge in [0.25, 0.3) is 0 Å². The summed E-state index contributed by atoms with van der Waals surface area (Å²) < 4.78 is 0. The largest absolute Gasteiger partial charge is 0.326 e. The van der Waals surface area contributed by atoms with E-state index in [9.17, 15) is 0 Å². The molecule has 2 heteroatoms. The molecule has 1 aliphatic rings. The smallest absolute Gasteiger partial charge is 0.0196 e. The molecule has 0 aromatic rings. The van der Waals surface area contributed by atoms with Crippen molar-refractivity contribution in [3.8, 4) is 0 Å². The van der Waals surface area contributed by atoms with E-state index in [2.05, 4.69) is 32.6 Å². The molecular formula is C16H34N2. The molecule has 108 valence electrons. The maximum atomic E-state index is 6.46. The van der Waals surface area contributed by atoms with Crippen LogP contribution in [0.2, 0.25) is 0 Å². The fourth-order valence-electron chi connectivity index (χ4n) is 3.27. The van der Waals surface area contributed by atoms with Crippen LogP contribution in [0.1, 0.15) is 59.8 Å². The molecule has 0 radical (unpaired) electrons. The lowest BCUT2D eigenvalue weighted by Crippen LogP contribution is -2.45. The van der Waals surface area contributed by atoms with Crippen molar-refractivity contribution in [3.05, 3.63) is 0 Å². The summed E-state index contributed by atoms with van der Waals surface area (Å²) in [7, 11) is 0. The van der Waals surface area contributed by atoms with Crippen LogP contribution >= 0.6 is 0 Å². The molecule has 0 aromatic carbocycles. The Morgan fingerprint density at radius 3 is 1.83 bits per heavy atom. The molecule has 1 unspecified atom stereocenters. The van der Waals surface area contributed by atoms with Gasteiger partial charge in [-0.1, -0.05) is 47.0 Å². The summed E-state index contributed by atoms with van der Waals surface area (Å²) in [5, 5.41) is 0. The van der Waals surface area contributed by atoms with Crippen LogP contribution in [0.5, 0.6) is 0 Å². The fraction of sp³-hybridized carbons (Fsp3) is 1.00. The molecule has 0 bridgehead atoms. The third-order valence-corrected chi connectivity index (χ3v) is 3.97. The minimum Gasteiger partial charge on any atom is -0.326 e. The Balaban J connectivity index is 2.41. The average Bonchev–Trinajstić information content (AvgIpc) is 2.28. The summed E-state index contributed by atoms with van der Waals surface area (Å²) in [6.07, 6.45) is 6.93. The Hall–Kier alpha value is -0.0800. The lowest BCUT2D eigenvalue weighted by Gasteiger charge is -2.33. The zero-order valence-electron chi connectivity index (χ0n) is 13.0. The van der Waals surface area contributed by atoms with E-state index in [1.807, 2.05) is 0 Å². The van der Waals surface area contributed by atoms with Gasteiger partial charge in [0.1, 0.15) is 0 Å². The van der Waals surface area contributed by atoms with Crippen LogP contribution in [-0.4, -0.2) is 30.6 Å². The van der Waals surface area contributed by atoms with E-state index in [1.54, 1.807) is 0 Å². The maximum absolute atomic E-state index is 6.46. The molecule has 1 rings (SSSR count). The summed E-state index contributed by atoms with van der Waals surface area (Å²) >= 11 is 0. The van der Waals surface area contributed by atoms with Crippen molar-refractivity contribution >= 4 is 0 Å². The van der Waals surface area contributed by atoms with Crippen molar-refractivity contribution in [2.45, 2.75) is 65.8 Å². The number of nitrogens with two attached hydrogens (primary N) is 1. The molecule has 0 saturated heterocycles. The standard InChI is InChI=1S/C16H34N2/c1-13(2)10-18(11-14(3)4)12-16(17)15-8-6-5-7-9-15/h13-16H,5-12,17H2,1-4H3. The molecule has 18 heavy (non-hydrogen) atoms. The molecule has 0 aliphatic heterocycles. The molecule has 1 aliphatic carbocycles. The van der Waals surface area contributed by atoms with Gasteiger partial charge in [-0.3, -0.25) is 0 Å². The molecule has 0 aromatic heterocycles. The van der Waals surface area contributed by atoms with Crippen LogP contribution in [0, 0.1) is 17.8 Å². The van der Waals surface area contributed by atoms with Gasteiger partial charge in [-0.2, -0.15) is 0 Å². The van der Waals surface area contributed by atoms with Crippen LogP contribution in [0.25, 0.3) is 0 Å². The molecule has 1 saturated carbocycles. The van der Waals surface area contributed by atoms with Gasteiger partial charge in [0.05, 0.1) is 0 Å². The van der Waals surface area contributed by atoms with Crippen LogP contribution in [-0.2, 0) is 0 Å². The number of hydrogen-bond acceptors (Lipinski definition) is 2. The minimum absolute atomic E-state index is 0.391. The minimum atomic E-state index is 0.391. The van der Waals surface area contributed by atoms with Crippen molar-refractivity contribution in [2.24, 2.45) is 23.5 Å². The molecule has 1 fully saturated rings.